The molecule has 0 fully saturated rings. The Morgan fingerprint density at radius 3 is 2.53 bits per heavy atom. The number of benzene rings is 2. The van der Waals surface area contributed by atoms with Gasteiger partial charge in [-0.2, -0.15) is 20.1 Å². The first kappa shape index (κ1) is 25.1. The molecule has 2 aromatic carbocycles. The SMILES string of the molecule is COc1ccc(Nc2nc(NCc3ccco3)nc(NN=Cc3ccc(-c4ccc(Cl)cc4Cl)o3)n2)cc1. The number of anilines is 4. The number of hydrogen-bond acceptors (Lipinski definition) is 10. The van der Waals surface area contributed by atoms with E-state index in [1.807, 2.05) is 36.4 Å². The summed E-state index contributed by atoms with van der Waals surface area (Å²) in [6, 6.07) is 19.8. The molecule has 0 radical (unpaired) electrons. The van der Waals surface area contributed by atoms with Crippen LogP contribution < -0.4 is 20.8 Å². The van der Waals surface area contributed by atoms with Crippen LogP contribution >= 0.6 is 23.2 Å². The van der Waals surface area contributed by atoms with Gasteiger partial charge in [0, 0.05) is 16.3 Å². The number of hydrogen-bond donors (Lipinski definition) is 3. The van der Waals surface area contributed by atoms with Crippen molar-refractivity contribution in [3.05, 3.63) is 94.6 Å². The van der Waals surface area contributed by atoms with E-state index in [9.17, 15) is 0 Å². The molecule has 0 saturated carbocycles. The number of aromatic nitrogens is 3. The van der Waals surface area contributed by atoms with Gasteiger partial charge < -0.3 is 24.2 Å². The standard InChI is InChI=1S/C26H21Cl2N7O3/c1-36-18-7-5-17(6-8-18)31-25-32-24(29-14-19-3-2-12-37-19)33-26(34-25)35-30-15-20-9-11-23(38-20)21-10-4-16(27)13-22(21)28/h2-13,15H,14H2,1H3,(H3,29,31,32,33,34,35). The van der Waals surface area contributed by atoms with Crippen molar-refractivity contribution in [1.29, 1.82) is 0 Å². The molecule has 0 atom stereocenters. The number of halogens is 2. The molecule has 0 bridgehead atoms. The van der Waals surface area contributed by atoms with Gasteiger partial charge in [0.05, 0.1) is 31.2 Å². The van der Waals surface area contributed by atoms with Gasteiger partial charge >= 0.3 is 0 Å². The Bertz CT molecular complexity index is 1540. The average molecular weight is 550 g/mol. The fourth-order valence-corrected chi connectivity index (χ4v) is 3.86. The van der Waals surface area contributed by atoms with Gasteiger partial charge in [-0.1, -0.05) is 23.2 Å². The minimum atomic E-state index is 0.210. The van der Waals surface area contributed by atoms with Crippen molar-refractivity contribution in [2.45, 2.75) is 6.54 Å². The maximum absolute atomic E-state index is 6.28. The van der Waals surface area contributed by atoms with Gasteiger partial charge in [-0.05, 0) is 66.7 Å². The summed E-state index contributed by atoms with van der Waals surface area (Å²) in [5, 5.41) is 11.5. The lowest BCUT2D eigenvalue weighted by Gasteiger charge is -2.10. The summed E-state index contributed by atoms with van der Waals surface area (Å²) in [5.41, 5.74) is 4.31. The normalized spacial score (nSPS) is 11.0. The van der Waals surface area contributed by atoms with Crippen LogP contribution in [0.5, 0.6) is 5.75 Å². The van der Waals surface area contributed by atoms with Crippen LogP contribution in [0.2, 0.25) is 10.0 Å². The Kier molecular flexibility index (Phi) is 7.72. The molecule has 5 aromatic rings. The first-order valence-corrected chi connectivity index (χ1v) is 12.1. The second-order valence-corrected chi connectivity index (χ2v) is 8.63. The molecular formula is C26H21Cl2N7O3. The monoisotopic (exact) mass is 549 g/mol. The third-order valence-corrected chi connectivity index (χ3v) is 5.71. The number of furan rings is 2. The van der Waals surface area contributed by atoms with Crippen molar-refractivity contribution in [2.75, 3.05) is 23.2 Å². The Labute approximate surface area is 227 Å². The highest BCUT2D eigenvalue weighted by Crippen LogP contribution is 2.31. The van der Waals surface area contributed by atoms with E-state index in [2.05, 4.69) is 36.1 Å². The summed E-state index contributed by atoms with van der Waals surface area (Å²) in [5.74, 6) is 3.40. The van der Waals surface area contributed by atoms with Crippen LogP contribution in [-0.2, 0) is 6.54 Å². The lowest BCUT2D eigenvalue weighted by atomic mass is 10.2. The summed E-state index contributed by atoms with van der Waals surface area (Å²) < 4.78 is 16.4. The highest BCUT2D eigenvalue weighted by Gasteiger charge is 2.10. The molecule has 3 aromatic heterocycles. The Balaban J connectivity index is 1.32. The molecule has 0 aliphatic rings. The molecule has 38 heavy (non-hydrogen) atoms. The molecular weight excluding hydrogens is 529 g/mol. The van der Waals surface area contributed by atoms with E-state index >= 15 is 0 Å². The molecule has 0 spiro atoms. The number of ether oxygens (including phenoxy) is 1. The molecule has 3 N–H and O–H groups in total. The highest BCUT2D eigenvalue weighted by molar-refractivity contribution is 6.36. The van der Waals surface area contributed by atoms with Gasteiger partial charge in [-0.3, -0.25) is 0 Å². The van der Waals surface area contributed by atoms with Crippen molar-refractivity contribution in [3.63, 3.8) is 0 Å². The van der Waals surface area contributed by atoms with Gasteiger partial charge in [0.15, 0.2) is 0 Å². The summed E-state index contributed by atoms with van der Waals surface area (Å²) >= 11 is 12.3. The largest absolute Gasteiger partial charge is 0.497 e. The van der Waals surface area contributed by atoms with Crippen LogP contribution in [0.4, 0.5) is 23.5 Å². The Morgan fingerprint density at radius 1 is 0.947 bits per heavy atom. The zero-order valence-electron chi connectivity index (χ0n) is 20.0. The van der Waals surface area contributed by atoms with E-state index in [0.29, 0.717) is 40.0 Å². The van der Waals surface area contributed by atoms with E-state index in [1.54, 1.807) is 43.7 Å². The van der Waals surface area contributed by atoms with Gasteiger partial charge in [-0.25, -0.2) is 5.43 Å². The summed E-state index contributed by atoms with van der Waals surface area (Å²) in [4.78, 5) is 13.2. The second kappa shape index (κ2) is 11.7. The third kappa shape index (κ3) is 6.41. The van der Waals surface area contributed by atoms with Crippen molar-refractivity contribution in [1.82, 2.24) is 15.0 Å². The molecule has 10 nitrogen and oxygen atoms in total. The molecule has 0 unspecified atom stereocenters. The molecule has 12 heteroatoms. The number of hydrazone groups is 1. The number of rotatable bonds is 10. The van der Waals surface area contributed by atoms with E-state index in [1.165, 1.54) is 6.21 Å². The van der Waals surface area contributed by atoms with Crippen LogP contribution in [0.3, 0.4) is 0 Å². The van der Waals surface area contributed by atoms with Crippen LogP contribution in [0, 0.1) is 0 Å². The maximum atomic E-state index is 6.28. The number of methoxy groups -OCH3 is 1. The summed E-state index contributed by atoms with van der Waals surface area (Å²) in [6.45, 7) is 0.393. The molecule has 0 amide bonds. The van der Waals surface area contributed by atoms with Crippen molar-refractivity contribution in [2.24, 2.45) is 5.10 Å². The van der Waals surface area contributed by atoms with Crippen molar-refractivity contribution >= 4 is 52.9 Å². The second-order valence-electron chi connectivity index (χ2n) is 7.79. The van der Waals surface area contributed by atoms with Gasteiger partial charge in [0.1, 0.15) is 23.0 Å². The summed E-state index contributed by atoms with van der Waals surface area (Å²) in [6.07, 6.45) is 3.10. The van der Waals surface area contributed by atoms with Gasteiger partial charge in [0.25, 0.3) is 0 Å². The van der Waals surface area contributed by atoms with Crippen LogP contribution in [-0.4, -0.2) is 28.3 Å². The molecule has 0 aliphatic carbocycles. The third-order valence-electron chi connectivity index (χ3n) is 5.16. The minimum absolute atomic E-state index is 0.210. The van der Waals surface area contributed by atoms with Crippen LogP contribution in [0.15, 0.2) is 86.9 Å². The zero-order valence-corrected chi connectivity index (χ0v) is 21.5. The minimum Gasteiger partial charge on any atom is -0.497 e. The molecule has 3 heterocycles. The van der Waals surface area contributed by atoms with E-state index < -0.39 is 0 Å². The smallest absolute Gasteiger partial charge is 0.250 e. The molecule has 192 valence electrons. The number of nitrogens with zero attached hydrogens (tertiary/aromatic N) is 4. The van der Waals surface area contributed by atoms with E-state index in [4.69, 9.17) is 36.8 Å². The fourth-order valence-electron chi connectivity index (χ4n) is 3.35. The topological polar surface area (TPSA) is 123 Å². The van der Waals surface area contributed by atoms with E-state index in [0.717, 1.165) is 22.8 Å². The Morgan fingerprint density at radius 2 is 1.76 bits per heavy atom. The molecule has 0 saturated heterocycles. The first-order chi connectivity index (χ1) is 18.6. The lowest BCUT2D eigenvalue weighted by molar-refractivity contribution is 0.415. The summed E-state index contributed by atoms with van der Waals surface area (Å²) in [7, 11) is 1.61. The first-order valence-electron chi connectivity index (χ1n) is 11.3. The zero-order chi connectivity index (χ0) is 26.3. The van der Waals surface area contributed by atoms with Crippen LogP contribution in [0.1, 0.15) is 11.5 Å². The predicted octanol–water partition coefficient (Wildman–Crippen LogP) is 6.84. The maximum Gasteiger partial charge on any atom is 0.250 e. The Hall–Kier alpha value is -4.54. The molecule has 5 rings (SSSR count). The van der Waals surface area contributed by atoms with Gasteiger partial charge in [-0.15, -0.1) is 0 Å². The number of nitrogens with one attached hydrogen (secondary N) is 3. The fraction of sp³-hybridized carbons (Fsp3) is 0.0769. The lowest BCUT2D eigenvalue weighted by Crippen LogP contribution is -2.09. The van der Waals surface area contributed by atoms with Crippen LogP contribution in [0.25, 0.3) is 11.3 Å². The van der Waals surface area contributed by atoms with E-state index in [-0.39, 0.29) is 5.95 Å². The predicted molar refractivity (Wildman–Crippen MR) is 148 cm³/mol. The van der Waals surface area contributed by atoms with Crippen molar-refractivity contribution < 1.29 is 13.6 Å². The highest BCUT2D eigenvalue weighted by atomic mass is 35.5. The average Bonchev–Trinajstić information content (AvgIpc) is 3.61. The quantitative estimate of drug-likeness (QED) is 0.127. The molecule has 0 aliphatic heterocycles. The van der Waals surface area contributed by atoms with Gasteiger partial charge in [0.2, 0.25) is 17.8 Å². The van der Waals surface area contributed by atoms with Crippen molar-refractivity contribution in [3.8, 4) is 17.1 Å².